The van der Waals surface area contributed by atoms with E-state index in [2.05, 4.69) is 19.9 Å². The van der Waals surface area contributed by atoms with Crippen LogP contribution in [0.15, 0.2) is 4.99 Å². The largest absolute Gasteiger partial charge is 0.379 e. The third kappa shape index (κ3) is 9.19. The van der Waals surface area contributed by atoms with E-state index < -0.39 is 15.6 Å². The fourth-order valence-corrected chi connectivity index (χ4v) is 3.29. The standard InChI is InChI=1S/C13H29N5O3S/c1-13(2,17-22(3,19)20)11-16-12(14)15-5-4-6-18-7-9-21-10-8-18/h17H,4-11H2,1-3H3,(H3,14,15,16). The van der Waals surface area contributed by atoms with Crippen molar-refractivity contribution in [3.8, 4) is 0 Å². The first-order valence-electron chi connectivity index (χ1n) is 7.51. The number of guanidine groups is 1. The maximum atomic E-state index is 11.2. The van der Waals surface area contributed by atoms with Crippen LogP contribution in [0.3, 0.4) is 0 Å². The first kappa shape index (κ1) is 19.1. The maximum Gasteiger partial charge on any atom is 0.209 e. The predicted octanol–water partition coefficient (Wildman–Crippen LogP) is -1.06. The molecule has 4 N–H and O–H groups in total. The van der Waals surface area contributed by atoms with E-state index in [0.717, 1.165) is 52.1 Å². The lowest BCUT2D eigenvalue weighted by molar-refractivity contribution is 0.0376. The summed E-state index contributed by atoms with van der Waals surface area (Å²) >= 11 is 0. The molecule has 0 amide bonds. The van der Waals surface area contributed by atoms with E-state index in [1.165, 1.54) is 0 Å². The number of sulfonamides is 1. The van der Waals surface area contributed by atoms with Crippen LogP contribution in [-0.2, 0) is 14.8 Å². The highest BCUT2D eigenvalue weighted by Gasteiger charge is 2.21. The van der Waals surface area contributed by atoms with Gasteiger partial charge in [-0.2, -0.15) is 0 Å². The molecule has 0 saturated carbocycles. The van der Waals surface area contributed by atoms with Crippen molar-refractivity contribution in [2.24, 2.45) is 10.7 Å². The number of hydrogen-bond donors (Lipinski definition) is 3. The van der Waals surface area contributed by atoms with Crippen LogP contribution >= 0.6 is 0 Å². The van der Waals surface area contributed by atoms with Crippen molar-refractivity contribution in [1.82, 2.24) is 14.9 Å². The molecule has 0 aliphatic carbocycles. The number of rotatable bonds is 8. The highest BCUT2D eigenvalue weighted by Crippen LogP contribution is 2.04. The summed E-state index contributed by atoms with van der Waals surface area (Å²) in [6, 6.07) is 0. The Morgan fingerprint density at radius 2 is 2.00 bits per heavy atom. The molecule has 1 fully saturated rings. The van der Waals surface area contributed by atoms with E-state index in [0.29, 0.717) is 5.96 Å². The van der Waals surface area contributed by atoms with Crippen LogP contribution in [0, 0.1) is 0 Å². The summed E-state index contributed by atoms with van der Waals surface area (Å²) < 4.78 is 30.3. The van der Waals surface area contributed by atoms with Crippen molar-refractivity contribution in [1.29, 1.82) is 0 Å². The summed E-state index contributed by atoms with van der Waals surface area (Å²) in [7, 11) is -3.26. The Morgan fingerprint density at radius 3 is 2.59 bits per heavy atom. The molecule has 1 rings (SSSR count). The molecule has 9 heteroatoms. The molecule has 0 atom stereocenters. The van der Waals surface area contributed by atoms with Crippen molar-refractivity contribution < 1.29 is 13.2 Å². The van der Waals surface area contributed by atoms with Gasteiger partial charge in [0.05, 0.1) is 26.0 Å². The number of nitrogens with one attached hydrogen (secondary N) is 2. The Morgan fingerprint density at radius 1 is 1.36 bits per heavy atom. The quantitative estimate of drug-likeness (QED) is 0.296. The molecular formula is C13H29N5O3S. The van der Waals surface area contributed by atoms with Crippen molar-refractivity contribution in [3.05, 3.63) is 0 Å². The number of ether oxygens (including phenoxy) is 1. The Kier molecular flexibility index (Phi) is 7.54. The smallest absolute Gasteiger partial charge is 0.209 e. The minimum Gasteiger partial charge on any atom is -0.379 e. The predicted molar refractivity (Wildman–Crippen MR) is 88.4 cm³/mol. The number of morpholine rings is 1. The van der Waals surface area contributed by atoms with E-state index in [-0.39, 0.29) is 6.54 Å². The third-order valence-corrected chi connectivity index (χ3v) is 4.09. The second-order valence-electron chi connectivity index (χ2n) is 6.19. The van der Waals surface area contributed by atoms with Crippen molar-refractivity contribution in [2.75, 3.05) is 52.2 Å². The minimum atomic E-state index is -3.26. The van der Waals surface area contributed by atoms with Crippen LogP contribution in [0.25, 0.3) is 0 Å². The zero-order chi connectivity index (χ0) is 16.6. The lowest BCUT2D eigenvalue weighted by Crippen LogP contribution is -2.46. The minimum absolute atomic E-state index is 0.280. The summed E-state index contributed by atoms with van der Waals surface area (Å²) in [6.07, 6.45) is 2.10. The van der Waals surface area contributed by atoms with Gasteiger partial charge >= 0.3 is 0 Å². The Bertz CT molecular complexity index is 458. The van der Waals surface area contributed by atoms with E-state index in [1.807, 2.05) is 0 Å². The fraction of sp³-hybridized carbons (Fsp3) is 0.923. The second kappa shape index (κ2) is 8.66. The Hall–Kier alpha value is -0.900. The van der Waals surface area contributed by atoms with Crippen LogP contribution in [-0.4, -0.2) is 77.0 Å². The molecule has 0 unspecified atom stereocenters. The maximum absolute atomic E-state index is 11.2. The monoisotopic (exact) mass is 335 g/mol. The number of hydrogen-bond acceptors (Lipinski definition) is 5. The van der Waals surface area contributed by atoms with E-state index >= 15 is 0 Å². The zero-order valence-electron chi connectivity index (χ0n) is 13.8. The summed E-state index contributed by atoms with van der Waals surface area (Å²) in [5, 5.41) is 3.05. The molecule has 0 radical (unpaired) electrons. The Balaban J connectivity index is 2.22. The first-order chi connectivity index (χ1) is 10.2. The van der Waals surface area contributed by atoms with Crippen LogP contribution < -0.4 is 15.8 Å². The van der Waals surface area contributed by atoms with Crippen molar-refractivity contribution in [3.63, 3.8) is 0 Å². The lowest BCUT2D eigenvalue weighted by atomic mass is 10.1. The van der Waals surface area contributed by atoms with Crippen LogP contribution in [0.1, 0.15) is 20.3 Å². The summed E-state index contributed by atoms with van der Waals surface area (Å²) in [6.45, 7) is 9.13. The van der Waals surface area contributed by atoms with Gasteiger partial charge < -0.3 is 15.8 Å². The van der Waals surface area contributed by atoms with E-state index in [4.69, 9.17) is 10.5 Å². The summed E-state index contributed by atoms with van der Waals surface area (Å²) in [4.78, 5) is 6.55. The molecule has 130 valence electrons. The first-order valence-corrected chi connectivity index (χ1v) is 9.40. The molecule has 1 aliphatic heterocycles. The molecular weight excluding hydrogens is 306 g/mol. The topological polar surface area (TPSA) is 109 Å². The van der Waals surface area contributed by atoms with Crippen LogP contribution in [0.4, 0.5) is 0 Å². The van der Waals surface area contributed by atoms with Crippen molar-refractivity contribution >= 4 is 16.0 Å². The van der Waals surface area contributed by atoms with Gasteiger partial charge in [-0.25, -0.2) is 13.1 Å². The number of aliphatic imine (C=N–C) groups is 1. The Labute approximate surface area is 133 Å². The average Bonchev–Trinajstić information content (AvgIpc) is 2.40. The number of nitrogens with zero attached hydrogens (tertiary/aromatic N) is 2. The summed E-state index contributed by atoms with van der Waals surface area (Å²) in [5.74, 6) is 0.338. The zero-order valence-corrected chi connectivity index (χ0v) is 14.6. The molecule has 1 aliphatic rings. The third-order valence-electron chi connectivity index (χ3n) is 3.17. The second-order valence-corrected chi connectivity index (χ2v) is 7.94. The SMILES string of the molecule is CC(C)(CN=C(N)NCCCN1CCOCC1)NS(C)(=O)=O. The van der Waals surface area contributed by atoms with Gasteiger partial charge in [-0.1, -0.05) is 0 Å². The van der Waals surface area contributed by atoms with Gasteiger partial charge in [-0.15, -0.1) is 0 Å². The van der Waals surface area contributed by atoms with Gasteiger partial charge in [-0.3, -0.25) is 9.89 Å². The molecule has 0 spiro atoms. The molecule has 0 aromatic carbocycles. The molecule has 0 bridgehead atoms. The van der Waals surface area contributed by atoms with E-state index in [9.17, 15) is 8.42 Å². The molecule has 22 heavy (non-hydrogen) atoms. The molecule has 8 nitrogen and oxygen atoms in total. The molecule has 1 saturated heterocycles. The van der Waals surface area contributed by atoms with Gasteiger partial charge in [-0.05, 0) is 26.8 Å². The molecule has 0 aromatic heterocycles. The van der Waals surface area contributed by atoms with E-state index in [1.54, 1.807) is 13.8 Å². The van der Waals surface area contributed by atoms with Crippen LogP contribution in [0.5, 0.6) is 0 Å². The normalized spacial score (nSPS) is 18.4. The van der Waals surface area contributed by atoms with Crippen molar-refractivity contribution in [2.45, 2.75) is 25.8 Å². The lowest BCUT2D eigenvalue weighted by Gasteiger charge is -2.26. The average molecular weight is 335 g/mol. The van der Waals surface area contributed by atoms with Crippen LogP contribution in [0.2, 0.25) is 0 Å². The fourth-order valence-electron chi connectivity index (χ4n) is 2.22. The summed E-state index contributed by atoms with van der Waals surface area (Å²) in [5.41, 5.74) is 5.13. The highest BCUT2D eigenvalue weighted by molar-refractivity contribution is 7.88. The molecule has 1 heterocycles. The number of nitrogens with two attached hydrogens (primary N) is 1. The van der Waals surface area contributed by atoms with Gasteiger partial charge in [0, 0.05) is 25.2 Å². The van der Waals surface area contributed by atoms with Gasteiger partial charge in [0.2, 0.25) is 10.0 Å². The van der Waals surface area contributed by atoms with Gasteiger partial charge in [0.1, 0.15) is 0 Å². The van der Waals surface area contributed by atoms with Gasteiger partial charge in [0.25, 0.3) is 0 Å². The highest BCUT2D eigenvalue weighted by atomic mass is 32.2. The van der Waals surface area contributed by atoms with Gasteiger partial charge in [0.15, 0.2) is 5.96 Å². The molecule has 0 aromatic rings.